The van der Waals surface area contributed by atoms with E-state index in [-0.39, 0.29) is 12.5 Å². The standard InChI is InChI=1S/C14H15ClN2O2/c15-11-3-1-10-2-4-12(17-13(10)9-11)5-6-14(19)16-7-8-18/h1-4,9,18H,5-8H2,(H,16,19). The molecule has 1 aromatic carbocycles. The van der Waals surface area contributed by atoms with Gasteiger partial charge in [-0.25, -0.2) is 0 Å². The molecule has 0 fully saturated rings. The molecule has 4 nitrogen and oxygen atoms in total. The lowest BCUT2D eigenvalue weighted by Gasteiger charge is -2.04. The molecule has 0 aliphatic carbocycles. The maximum Gasteiger partial charge on any atom is 0.220 e. The number of halogens is 1. The molecule has 100 valence electrons. The Bertz CT molecular complexity index is 587. The molecule has 0 bridgehead atoms. The molecule has 1 amide bonds. The van der Waals surface area contributed by atoms with Gasteiger partial charge >= 0.3 is 0 Å². The summed E-state index contributed by atoms with van der Waals surface area (Å²) in [5, 5.41) is 12.9. The summed E-state index contributed by atoms with van der Waals surface area (Å²) >= 11 is 5.93. The highest BCUT2D eigenvalue weighted by Gasteiger charge is 2.04. The molecule has 2 aromatic rings. The number of benzene rings is 1. The molecular weight excluding hydrogens is 264 g/mol. The zero-order chi connectivity index (χ0) is 13.7. The van der Waals surface area contributed by atoms with Crippen LogP contribution in [0.3, 0.4) is 0 Å². The topological polar surface area (TPSA) is 62.2 Å². The Kier molecular flexibility index (Phi) is 4.71. The van der Waals surface area contributed by atoms with Gasteiger partial charge in [-0.3, -0.25) is 9.78 Å². The molecule has 0 aliphatic rings. The molecule has 0 unspecified atom stereocenters. The lowest BCUT2D eigenvalue weighted by Crippen LogP contribution is -2.26. The second-order valence-electron chi connectivity index (χ2n) is 4.21. The molecule has 0 atom stereocenters. The van der Waals surface area contributed by atoms with Gasteiger partial charge in [0, 0.05) is 29.1 Å². The number of aliphatic hydroxyl groups is 1. The monoisotopic (exact) mass is 278 g/mol. The normalized spacial score (nSPS) is 10.6. The van der Waals surface area contributed by atoms with Gasteiger partial charge in [0.15, 0.2) is 0 Å². The maximum atomic E-state index is 11.4. The van der Waals surface area contributed by atoms with Gasteiger partial charge in [-0.1, -0.05) is 23.7 Å². The van der Waals surface area contributed by atoms with Gasteiger partial charge < -0.3 is 10.4 Å². The summed E-state index contributed by atoms with van der Waals surface area (Å²) in [5.74, 6) is -0.0814. The fourth-order valence-corrected chi connectivity index (χ4v) is 1.96. The van der Waals surface area contributed by atoms with Gasteiger partial charge in [0.25, 0.3) is 0 Å². The molecule has 0 spiro atoms. The van der Waals surface area contributed by atoms with Crippen LogP contribution in [0.2, 0.25) is 5.02 Å². The largest absolute Gasteiger partial charge is 0.395 e. The van der Waals surface area contributed by atoms with E-state index in [1.807, 2.05) is 30.3 Å². The van der Waals surface area contributed by atoms with Crippen molar-refractivity contribution in [3.8, 4) is 0 Å². The zero-order valence-corrected chi connectivity index (χ0v) is 11.2. The number of amides is 1. The van der Waals surface area contributed by atoms with E-state index in [0.717, 1.165) is 16.6 Å². The number of hydrogen-bond donors (Lipinski definition) is 2. The van der Waals surface area contributed by atoms with Crippen LogP contribution < -0.4 is 5.32 Å². The second-order valence-corrected chi connectivity index (χ2v) is 4.65. The van der Waals surface area contributed by atoms with Crippen LogP contribution in [0.25, 0.3) is 10.9 Å². The Morgan fingerprint density at radius 3 is 2.89 bits per heavy atom. The van der Waals surface area contributed by atoms with Gasteiger partial charge in [-0.2, -0.15) is 0 Å². The number of nitrogens with zero attached hydrogens (tertiary/aromatic N) is 1. The van der Waals surface area contributed by atoms with Crippen molar-refractivity contribution in [3.05, 3.63) is 41.0 Å². The number of nitrogens with one attached hydrogen (secondary N) is 1. The Morgan fingerprint density at radius 2 is 2.11 bits per heavy atom. The number of hydrogen-bond acceptors (Lipinski definition) is 3. The summed E-state index contributed by atoms with van der Waals surface area (Å²) < 4.78 is 0. The number of aliphatic hydroxyl groups excluding tert-OH is 1. The predicted molar refractivity (Wildman–Crippen MR) is 75.2 cm³/mol. The number of pyridine rings is 1. The van der Waals surface area contributed by atoms with Crippen molar-refractivity contribution in [2.24, 2.45) is 0 Å². The fraction of sp³-hybridized carbons (Fsp3) is 0.286. The van der Waals surface area contributed by atoms with Crippen molar-refractivity contribution in [1.82, 2.24) is 10.3 Å². The van der Waals surface area contributed by atoms with Crippen LogP contribution in [0.5, 0.6) is 0 Å². The maximum absolute atomic E-state index is 11.4. The van der Waals surface area contributed by atoms with Crippen LogP contribution in [0.4, 0.5) is 0 Å². The molecule has 0 saturated carbocycles. The van der Waals surface area contributed by atoms with Crippen LogP contribution >= 0.6 is 11.6 Å². The summed E-state index contributed by atoms with van der Waals surface area (Å²) in [7, 11) is 0. The summed E-state index contributed by atoms with van der Waals surface area (Å²) in [6, 6.07) is 9.44. The Balaban J connectivity index is 2.03. The van der Waals surface area contributed by atoms with Crippen molar-refractivity contribution in [2.45, 2.75) is 12.8 Å². The lowest BCUT2D eigenvalue weighted by atomic mass is 10.1. The number of carbonyl (C=O) groups excluding carboxylic acids is 1. The highest BCUT2D eigenvalue weighted by Crippen LogP contribution is 2.18. The molecule has 2 rings (SSSR count). The number of rotatable bonds is 5. The minimum absolute atomic E-state index is 0.0432. The minimum atomic E-state index is -0.0814. The number of aryl methyl sites for hydroxylation is 1. The van der Waals surface area contributed by atoms with Gasteiger partial charge in [-0.05, 0) is 24.6 Å². The summed E-state index contributed by atoms with van der Waals surface area (Å²) in [6.07, 6.45) is 0.929. The average molecular weight is 279 g/mol. The highest BCUT2D eigenvalue weighted by atomic mass is 35.5. The van der Waals surface area contributed by atoms with E-state index in [1.54, 1.807) is 0 Å². The lowest BCUT2D eigenvalue weighted by molar-refractivity contribution is -0.121. The first-order valence-corrected chi connectivity index (χ1v) is 6.49. The third-order valence-electron chi connectivity index (χ3n) is 2.75. The van der Waals surface area contributed by atoms with Crippen LogP contribution in [0.15, 0.2) is 30.3 Å². The summed E-state index contributed by atoms with van der Waals surface area (Å²) in [6.45, 7) is 0.248. The first kappa shape index (κ1) is 13.8. The molecule has 19 heavy (non-hydrogen) atoms. The number of carbonyl (C=O) groups is 1. The SMILES string of the molecule is O=C(CCc1ccc2ccc(Cl)cc2n1)NCCO. The predicted octanol–water partition coefficient (Wildman–Crippen LogP) is 1.93. The fourth-order valence-electron chi connectivity index (χ4n) is 1.80. The number of fused-ring (bicyclic) bond motifs is 1. The van der Waals surface area contributed by atoms with Gasteiger partial charge in [0.1, 0.15) is 0 Å². The molecule has 0 saturated heterocycles. The molecule has 0 aliphatic heterocycles. The van der Waals surface area contributed by atoms with Crippen LogP contribution in [-0.4, -0.2) is 29.1 Å². The molecule has 1 aromatic heterocycles. The van der Waals surface area contributed by atoms with Crippen molar-refractivity contribution in [2.75, 3.05) is 13.2 Å². The molecular formula is C14H15ClN2O2. The molecule has 2 N–H and O–H groups in total. The summed E-state index contributed by atoms with van der Waals surface area (Å²) in [5.41, 5.74) is 1.69. The van der Waals surface area contributed by atoms with Crippen molar-refractivity contribution >= 4 is 28.4 Å². The van der Waals surface area contributed by atoms with Gasteiger partial charge in [-0.15, -0.1) is 0 Å². The molecule has 5 heteroatoms. The van der Waals surface area contributed by atoms with E-state index in [2.05, 4.69) is 10.3 Å². The van der Waals surface area contributed by atoms with E-state index >= 15 is 0 Å². The first-order chi connectivity index (χ1) is 9.19. The third-order valence-corrected chi connectivity index (χ3v) is 2.99. The van der Waals surface area contributed by atoms with Crippen LogP contribution in [0, 0.1) is 0 Å². The Morgan fingerprint density at radius 1 is 1.32 bits per heavy atom. The summed E-state index contributed by atoms with van der Waals surface area (Å²) in [4.78, 5) is 15.9. The van der Waals surface area contributed by atoms with E-state index in [1.165, 1.54) is 0 Å². The van der Waals surface area contributed by atoms with E-state index < -0.39 is 0 Å². The van der Waals surface area contributed by atoms with Crippen LogP contribution in [0.1, 0.15) is 12.1 Å². The highest BCUT2D eigenvalue weighted by molar-refractivity contribution is 6.31. The Hall–Kier alpha value is -1.65. The third kappa shape index (κ3) is 3.91. The van der Waals surface area contributed by atoms with Crippen molar-refractivity contribution in [3.63, 3.8) is 0 Å². The van der Waals surface area contributed by atoms with Gasteiger partial charge in [0.05, 0.1) is 12.1 Å². The Labute approximate surface area is 116 Å². The quantitative estimate of drug-likeness (QED) is 0.878. The number of aromatic nitrogens is 1. The van der Waals surface area contributed by atoms with E-state index in [0.29, 0.717) is 24.4 Å². The van der Waals surface area contributed by atoms with E-state index in [4.69, 9.17) is 16.7 Å². The molecule has 0 radical (unpaired) electrons. The molecule has 1 heterocycles. The second kappa shape index (κ2) is 6.50. The average Bonchev–Trinajstić information content (AvgIpc) is 2.42. The zero-order valence-electron chi connectivity index (χ0n) is 10.4. The van der Waals surface area contributed by atoms with E-state index in [9.17, 15) is 4.79 Å². The minimum Gasteiger partial charge on any atom is -0.395 e. The first-order valence-electron chi connectivity index (χ1n) is 6.12. The van der Waals surface area contributed by atoms with Crippen molar-refractivity contribution in [1.29, 1.82) is 0 Å². The smallest absolute Gasteiger partial charge is 0.220 e. The van der Waals surface area contributed by atoms with Crippen LogP contribution in [-0.2, 0) is 11.2 Å². The van der Waals surface area contributed by atoms with Crippen molar-refractivity contribution < 1.29 is 9.90 Å². The van der Waals surface area contributed by atoms with Gasteiger partial charge in [0.2, 0.25) is 5.91 Å².